The van der Waals surface area contributed by atoms with Gasteiger partial charge in [-0.25, -0.2) is 4.68 Å². The minimum Gasteiger partial charge on any atom is -0.349 e. The normalized spacial score (nSPS) is 19.5. The number of nitrogens with one attached hydrogen (secondary N) is 1. The van der Waals surface area contributed by atoms with Crippen LogP contribution in [0.15, 0.2) is 61.1 Å². The lowest BCUT2D eigenvalue weighted by molar-refractivity contribution is -0.141. The van der Waals surface area contributed by atoms with E-state index in [0.717, 1.165) is 27.8 Å². The summed E-state index contributed by atoms with van der Waals surface area (Å²) in [5.41, 5.74) is 3.50. The number of benzene rings is 1. The maximum absolute atomic E-state index is 13.8. The number of carbonyl (C=O) groups excluding carboxylic acids is 2. The third-order valence-electron chi connectivity index (χ3n) is 8.20. The zero-order valence-corrected chi connectivity index (χ0v) is 24.7. The summed E-state index contributed by atoms with van der Waals surface area (Å²) in [4.78, 5) is 33.2. The molecule has 1 aromatic carbocycles. The number of carbonyl (C=O) groups is 2. The molecule has 0 radical (unpaired) electrons. The lowest BCUT2D eigenvalue weighted by atomic mass is 9.93. The maximum Gasteiger partial charge on any atom is 0.436 e. The fourth-order valence-corrected chi connectivity index (χ4v) is 6.06. The Hall–Kier alpha value is -4.45. The van der Waals surface area contributed by atoms with Crippen molar-refractivity contribution < 1.29 is 22.8 Å². The number of anilines is 1. The van der Waals surface area contributed by atoms with Crippen LogP contribution in [0.2, 0.25) is 5.02 Å². The van der Waals surface area contributed by atoms with Gasteiger partial charge in [0.2, 0.25) is 11.8 Å². The smallest absolute Gasteiger partial charge is 0.349 e. The number of pyridine rings is 1. The van der Waals surface area contributed by atoms with Crippen LogP contribution in [0.4, 0.5) is 18.9 Å². The van der Waals surface area contributed by atoms with Crippen LogP contribution in [0.5, 0.6) is 0 Å². The second kappa shape index (κ2) is 11.6. The van der Waals surface area contributed by atoms with Crippen LogP contribution < -0.4 is 5.32 Å². The standard InChI is InChI=1S/C31H29ClF3N7O2/c1-18-4-3-5-26(24-14-20(8-11-36-24)29-23(37-30(18)44)10-12-40(29)2)41-13-9-19(15-28(41)43)22-16-21(32)6-7-25(22)42-17-27(38-39-42)31(33,34)35/h6-8,10-12,14-18,26H,3-5,9,13H2,1-2H3,(H,37,44)/t18-,26+/m1/s1. The molecule has 44 heavy (non-hydrogen) atoms. The van der Waals surface area contributed by atoms with E-state index in [-0.39, 0.29) is 23.8 Å². The van der Waals surface area contributed by atoms with Crippen LogP contribution in [0, 0.1) is 5.92 Å². The number of hydrogen-bond donors (Lipinski definition) is 1. The van der Waals surface area contributed by atoms with Crippen molar-refractivity contribution >= 4 is 34.7 Å². The lowest BCUT2D eigenvalue weighted by Gasteiger charge is -2.34. The molecule has 3 aromatic heterocycles. The first-order chi connectivity index (χ1) is 21.0. The maximum atomic E-state index is 13.8. The molecule has 0 saturated heterocycles. The summed E-state index contributed by atoms with van der Waals surface area (Å²) in [5, 5.41) is 10.4. The SMILES string of the molecule is C[C@@H]1CCC[C@H](N2CCC(c3cc(Cl)ccc3-n3cc(C(F)(F)F)nn3)=CC2=O)c2cc(ccn2)-c2c(ccn2C)NC1=O. The summed E-state index contributed by atoms with van der Waals surface area (Å²) in [6.07, 6.45) is 3.64. The minimum absolute atomic E-state index is 0.0578. The molecule has 0 aliphatic carbocycles. The number of fused-ring (bicyclic) bond motifs is 4. The molecule has 2 atom stereocenters. The highest BCUT2D eigenvalue weighted by atomic mass is 35.5. The van der Waals surface area contributed by atoms with Gasteiger partial charge < -0.3 is 14.8 Å². The third kappa shape index (κ3) is 5.73. The summed E-state index contributed by atoms with van der Waals surface area (Å²) >= 11 is 6.29. The quantitative estimate of drug-likeness (QED) is 0.283. The van der Waals surface area contributed by atoms with Gasteiger partial charge in [-0.05, 0) is 61.2 Å². The highest BCUT2D eigenvalue weighted by Gasteiger charge is 2.35. The van der Waals surface area contributed by atoms with E-state index in [9.17, 15) is 22.8 Å². The molecule has 2 aliphatic rings. The van der Waals surface area contributed by atoms with Gasteiger partial charge >= 0.3 is 6.18 Å². The van der Waals surface area contributed by atoms with Gasteiger partial charge in [-0.2, -0.15) is 13.2 Å². The van der Waals surface area contributed by atoms with E-state index >= 15 is 0 Å². The molecule has 5 heterocycles. The Morgan fingerprint density at radius 2 is 1.91 bits per heavy atom. The molecule has 13 heteroatoms. The van der Waals surface area contributed by atoms with Gasteiger partial charge in [-0.1, -0.05) is 30.2 Å². The van der Waals surface area contributed by atoms with Gasteiger partial charge in [0.15, 0.2) is 5.69 Å². The Balaban J connectivity index is 1.35. The van der Waals surface area contributed by atoms with Gasteiger partial charge in [0.05, 0.1) is 35.0 Å². The first kappa shape index (κ1) is 29.6. The summed E-state index contributed by atoms with van der Waals surface area (Å²) in [7, 11) is 1.91. The molecule has 1 N–H and O–H groups in total. The van der Waals surface area contributed by atoms with Gasteiger partial charge in [-0.3, -0.25) is 14.6 Å². The average Bonchev–Trinajstić information content (AvgIpc) is 3.62. The fourth-order valence-electron chi connectivity index (χ4n) is 5.89. The molecule has 2 aliphatic heterocycles. The first-order valence-electron chi connectivity index (χ1n) is 14.2. The van der Waals surface area contributed by atoms with Crippen molar-refractivity contribution in [3.05, 3.63) is 83.0 Å². The van der Waals surface area contributed by atoms with E-state index in [2.05, 4.69) is 20.6 Å². The van der Waals surface area contributed by atoms with Crippen LogP contribution in [-0.2, 0) is 22.8 Å². The molecule has 0 fully saturated rings. The van der Waals surface area contributed by atoms with Crippen molar-refractivity contribution in [2.75, 3.05) is 11.9 Å². The molecule has 6 rings (SSSR count). The molecule has 228 valence electrons. The molecule has 0 spiro atoms. The monoisotopic (exact) mass is 623 g/mol. The second-order valence-corrected chi connectivity index (χ2v) is 11.6. The number of amides is 2. The number of aromatic nitrogens is 5. The molecule has 0 unspecified atom stereocenters. The molecule has 0 saturated carbocycles. The number of alkyl halides is 3. The predicted molar refractivity (Wildman–Crippen MR) is 159 cm³/mol. The molecular formula is C31H29ClF3N7O2. The molecule has 4 aromatic rings. The van der Waals surface area contributed by atoms with E-state index in [4.69, 9.17) is 11.6 Å². The molecular weight excluding hydrogens is 595 g/mol. The zero-order chi connectivity index (χ0) is 31.2. The Bertz CT molecular complexity index is 1780. The zero-order valence-electron chi connectivity index (χ0n) is 24.0. The summed E-state index contributed by atoms with van der Waals surface area (Å²) in [6.45, 7) is 2.25. The Kier molecular flexibility index (Phi) is 7.79. The second-order valence-electron chi connectivity index (χ2n) is 11.2. The van der Waals surface area contributed by atoms with E-state index in [0.29, 0.717) is 59.8 Å². The summed E-state index contributed by atoms with van der Waals surface area (Å²) < 4.78 is 42.6. The van der Waals surface area contributed by atoms with Crippen molar-refractivity contribution in [2.45, 2.75) is 44.8 Å². The van der Waals surface area contributed by atoms with E-state index in [1.54, 1.807) is 29.3 Å². The van der Waals surface area contributed by atoms with Crippen molar-refractivity contribution in [3.8, 4) is 16.9 Å². The van der Waals surface area contributed by atoms with Gasteiger partial charge in [-0.15, -0.1) is 5.10 Å². The van der Waals surface area contributed by atoms with Crippen molar-refractivity contribution in [2.24, 2.45) is 13.0 Å². The van der Waals surface area contributed by atoms with E-state index in [1.807, 2.05) is 42.9 Å². The largest absolute Gasteiger partial charge is 0.436 e. The fraction of sp³-hybridized carbons (Fsp3) is 0.323. The summed E-state index contributed by atoms with van der Waals surface area (Å²) in [6, 6.07) is 10.1. The third-order valence-corrected chi connectivity index (χ3v) is 8.44. The van der Waals surface area contributed by atoms with Crippen LogP contribution in [0.25, 0.3) is 22.5 Å². The Morgan fingerprint density at radius 3 is 2.66 bits per heavy atom. The summed E-state index contributed by atoms with van der Waals surface area (Å²) in [5.74, 6) is -0.534. The predicted octanol–water partition coefficient (Wildman–Crippen LogP) is 6.46. The Labute approximate surface area is 256 Å². The minimum atomic E-state index is -4.65. The van der Waals surface area contributed by atoms with Gasteiger partial charge in [0.1, 0.15) is 0 Å². The van der Waals surface area contributed by atoms with Crippen molar-refractivity contribution in [3.63, 3.8) is 0 Å². The van der Waals surface area contributed by atoms with Crippen molar-refractivity contribution in [1.29, 1.82) is 0 Å². The lowest BCUT2D eigenvalue weighted by Crippen LogP contribution is -2.38. The van der Waals surface area contributed by atoms with Crippen LogP contribution >= 0.6 is 11.6 Å². The van der Waals surface area contributed by atoms with Crippen LogP contribution in [-0.4, -0.2) is 47.8 Å². The van der Waals surface area contributed by atoms with Crippen LogP contribution in [0.3, 0.4) is 0 Å². The molecule has 2 amide bonds. The average molecular weight is 624 g/mol. The topological polar surface area (TPSA) is 97.9 Å². The van der Waals surface area contributed by atoms with E-state index < -0.39 is 11.9 Å². The number of halogens is 4. The number of aryl methyl sites for hydroxylation is 1. The van der Waals surface area contributed by atoms with E-state index in [1.165, 1.54) is 6.08 Å². The van der Waals surface area contributed by atoms with Gasteiger partial charge in [0, 0.05) is 54.1 Å². The van der Waals surface area contributed by atoms with Gasteiger partial charge in [0.25, 0.3) is 0 Å². The number of hydrogen-bond acceptors (Lipinski definition) is 5. The van der Waals surface area contributed by atoms with Crippen molar-refractivity contribution in [1.82, 2.24) is 29.4 Å². The highest BCUT2D eigenvalue weighted by Crippen LogP contribution is 2.38. The molecule has 2 bridgehead atoms. The Morgan fingerprint density at radius 1 is 1.09 bits per heavy atom. The number of rotatable bonds is 3. The first-order valence-corrected chi connectivity index (χ1v) is 14.6. The number of nitrogens with zero attached hydrogens (tertiary/aromatic N) is 6. The highest BCUT2D eigenvalue weighted by molar-refractivity contribution is 6.30. The molecule has 9 nitrogen and oxygen atoms in total. The van der Waals surface area contributed by atoms with Crippen LogP contribution in [0.1, 0.15) is 55.6 Å².